The number of unbranched alkanes of at least 4 members (excludes halogenated alkanes) is 2. The molecular formula is C12H16N2O3S. The molecule has 2 aromatic rings. The zero-order valence-corrected chi connectivity index (χ0v) is 11.0. The molecule has 0 aliphatic carbocycles. The Balaban J connectivity index is 2.51. The number of hydrogen-bond donors (Lipinski definition) is 2. The largest absolute Gasteiger partial charge is 0.342 e. The summed E-state index contributed by atoms with van der Waals surface area (Å²) in [5, 5.41) is -0.118. The van der Waals surface area contributed by atoms with Crippen LogP contribution in [-0.2, 0) is 16.5 Å². The fourth-order valence-electron chi connectivity index (χ4n) is 2.06. The number of nitrogens with zero attached hydrogens (tertiary/aromatic N) is 1. The summed E-state index contributed by atoms with van der Waals surface area (Å²) in [5.74, 6) is 0. The van der Waals surface area contributed by atoms with Gasteiger partial charge in [0.15, 0.2) is 5.03 Å². The van der Waals surface area contributed by atoms with Crippen molar-refractivity contribution in [1.29, 1.82) is 0 Å². The number of nitrogens with one attached hydrogen (secondary N) is 1. The molecule has 0 bridgehead atoms. The third kappa shape index (κ3) is 2.54. The Morgan fingerprint density at radius 2 is 2.17 bits per heavy atom. The van der Waals surface area contributed by atoms with Crippen molar-refractivity contribution in [2.75, 3.05) is 0 Å². The minimum atomic E-state index is -4.23. The van der Waals surface area contributed by atoms with E-state index in [1.165, 1.54) is 0 Å². The number of pyridine rings is 1. The van der Waals surface area contributed by atoms with Crippen molar-refractivity contribution in [3.8, 4) is 0 Å². The van der Waals surface area contributed by atoms with Gasteiger partial charge in [-0.15, -0.1) is 0 Å². The molecule has 0 spiro atoms. The quantitative estimate of drug-likeness (QED) is 0.644. The zero-order chi connectivity index (χ0) is 13.2. The Kier molecular flexibility index (Phi) is 3.68. The van der Waals surface area contributed by atoms with E-state index >= 15 is 0 Å². The van der Waals surface area contributed by atoms with Crippen LogP contribution >= 0.6 is 0 Å². The van der Waals surface area contributed by atoms with Gasteiger partial charge in [-0.05, 0) is 25.0 Å². The smallest absolute Gasteiger partial charge is 0.310 e. The minimum Gasteiger partial charge on any atom is -0.342 e. The number of hydrogen-bond acceptors (Lipinski definition) is 3. The SMILES string of the molecule is CCCCCc1c(S(=O)(=O)O)[nH]c2cccnc12. The second-order valence-electron chi connectivity index (χ2n) is 4.26. The van der Waals surface area contributed by atoms with Crippen LogP contribution in [0.2, 0.25) is 0 Å². The molecule has 0 saturated heterocycles. The van der Waals surface area contributed by atoms with E-state index in [1.807, 2.05) is 0 Å². The molecule has 2 rings (SSSR count). The average molecular weight is 268 g/mol. The van der Waals surface area contributed by atoms with Crippen molar-refractivity contribution in [1.82, 2.24) is 9.97 Å². The maximum atomic E-state index is 11.4. The Labute approximate surface area is 106 Å². The summed E-state index contributed by atoms with van der Waals surface area (Å²) in [6.45, 7) is 2.08. The Morgan fingerprint density at radius 3 is 2.83 bits per heavy atom. The summed E-state index contributed by atoms with van der Waals surface area (Å²) in [5.41, 5.74) is 1.85. The van der Waals surface area contributed by atoms with Crippen molar-refractivity contribution in [2.24, 2.45) is 0 Å². The Hall–Kier alpha value is -1.40. The fourth-order valence-corrected chi connectivity index (χ4v) is 2.80. The first kappa shape index (κ1) is 13.0. The third-order valence-electron chi connectivity index (χ3n) is 2.90. The lowest BCUT2D eigenvalue weighted by Gasteiger charge is -2.01. The third-order valence-corrected chi connectivity index (χ3v) is 3.77. The molecule has 0 amide bonds. The van der Waals surface area contributed by atoms with Gasteiger partial charge in [-0.1, -0.05) is 19.8 Å². The minimum absolute atomic E-state index is 0.118. The summed E-state index contributed by atoms with van der Waals surface area (Å²) in [7, 11) is -4.23. The molecule has 0 aliphatic heterocycles. The van der Waals surface area contributed by atoms with Crippen LogP contribution in [0.5, 0.6) is 0 Å². The Morgan fingerprint density at radius 1 is 1.39 bits per heavy atom. The lowest BCUT2D eigenvalue weighted by atomic mass is 10.1. The first-order chi connectivity index (χ1) is 8.54. The van der Waals surface area contributed by atoms with Crippen molar-refractivity contribution in [3.63, 3.8) is 0 Å². The normalized spacial score (nSPS) is 12.1. The van der Waals surface area contributed by atoms with Gasteiger partial charge in [0.1, 0.15) is 0 Å². The topological polar surface area (TPSA) is 83.0 Å². The highest BCUT2D eigenvalue weighted by Gasteiger charge is 2.21. The van der Waals surface area contributed by atoms with Crippen LogP contribution in [0.25, 0.3) is 11.0 Å². The van der Waals surface area contributed by atoms with Crippen molar-refractivity contribution in [3.05, 3.63) is 23.9 Å². The molecule has 0 atom stereocenters. The second-order valence-corrected chi connectivity index (χ2v) is 5.62. The fraction of sp³-hybridized carbons (Fsp3) is 0.417. The van der Waals surface area contributed by atoms with Gasteiger partial charge >= 0.3 is 10.1 Å². The highest BCUT2D eigenvalue weighted by Crippen LogP contribution is 2.25. The lowest BCUT2D eigenvalue weighted by Crippen LogP contribution is -2.02. The molecule has 98 valence electrons. The molecule has 0 fully saturated rings. The van der Waals surface area contributed by atoms with Gasteiger partial charge < -0.3 is 4.98 Å². The van der Waals surface area contributed by atoms with Crippen LogP contribution in [0.3, 0.4) is 0 Å². The van der Waals surface area contributed by atoms with E-state index in [2.05, 4.69) is 16.9 Å². The maximum Gasteiger partial charge on any atom is 0.310 e. The van der Waals surface area contributed by atoms with Crippen molar-refractivity contribution < 1.29 is 13.0 Å². The standard InChI is InChI=1S/C12H16N2O3S/c1-2-3-4-6-9-11-10(7-5-8-13-11)14-12(9)18(15,16)17/h5,7-8,14H,2-4,6H2,1H3,(H,15,16,17). The first-order valence-electron chi connectivity index (χ1n) is 5.97. The number of rotatable bonds is 5. The van der Waals surface area contributed by atoms with Gasteiger partial charge in [0.05, 0.1) is 11.0 Å². The monoisotopic (exact) mass is 268 g/mol. The zero-order valence-electron chi connectivity index (χ0n) is 10.2. The van der Waals surface area contributed by atoms with Crippen molar-refractivity contribution in [2.45, 2.75) is 37.6 Å². The average Bonchev–Trinajstić information content (AvgIpc) is 2.69. The van der Waals surface area contributed by atoms with Gasteiger partial charge in [0, 0.05) is 11.8 Å². The van der Waals surface area contributed by atoms with E-state index in [9.17, 15) is 13.0 Å². The molecule has 0 aromatic carbocycles. The number of aromatic amines is 1. The molecule has 2 aromatic heterocycles. The van der Waals surface area contributed by atoms with E-state index in [1.54, 1.807) is 18.3 Å². The summed E-state index contributed by atoms with van der Waals surface area (Å²) < 4.78 is 31.9. The van der Waals surface area contributed by atoms with E-state index < -0.39 is 10.1 Å². The van der Waals surface area contributed by atoms with Crippen LogP contribution in [-0.4, -0.2) is 22.9 Å². The molecule has 0 radical (unpaired) electrons. The summed E-state index contributed by atoms with van der Waals surface area (Å²) in [4.78, 5) is 6.92. The van der Waals surface area contributed by atoms with Gasteiger partial charge in [-0.25, -0.2) is 0 Å². The van der Waals surface area contributed by atoms with E-state index in [-0.39, 0.29) is 5.03 Å². The summed E-state index contributed by atoms with van der Waals surface area (Å²) in [6.07, 6.45) is 5.16. The second kappa shape index (κ2) is 5.07. The van der Waals surface area contributed by atoms with Gasteiger partial charge in [-0.3, -0.25) is 9.54 Å². The van der Waals surface area contributed by atoms with Crippen LogP contribution in [0, 0.1) is 0 Å². The summed E-state index contributed by atoms with van der Waals surface area (Å²) in [6, 6.07) is 3.47. The lowest BCUT2D eigenvalue weighted by molar-refractivity contribution is 0.478. The van der Waals surface area contributed by atoms with Crippen molar-refractivity contribution >= 4 is 21.2 Å². The number of H-pyrrole nitrogens is 1. The van der Waals surface area contributed by atoms with Crippen LogP contribution in [0.1, 0.15) is 31.7 Å². The predicted octanol–water partition coefficient (Wildman–Crippen LogP) is 2.54. The first-order valence-corrected chi connectivity index (χ1v) is 7.41. The number of aryl methyl sites for hydroxylation is 1. The molecule has 2 heterocycles. The van der Waals surface area contributed by atoms with Crippen LogP contribution in [0.4, 0.5) is 0 Å². The number of aromatic nitrogens is 2. The molecule has 5 nitrogen and oxygen atoms in total. The van der Waals surface area contributed by atoms with E-state index in [0.717, 1.165) is 19.3 Å². The van der Waals surface area contributed by atoms with Gasteiger partial charge in [0.2, 0.25) is 0 Å². The molecule has 0 unspecified atom stereocenters. The highest BCUT2D eigenvalue weighted by molar-refractivity contribution is 7.85. The number of fused-ring (bicyclic) bond motifs is 1. The molecular weight excluding hydrogens is 252 g/mol. The summed E-state index contributed by atoms with van der Waals surface area (Å²) >= 11 is 0. The predicted molar refractivity (Wildman–Crippen MR) is 69.1 cm³/mol. The van der Waals surface area contributed by atoms with Gasteiger partial charge in [0.25, 0.3) is 0 Å². The molecule has 0 saturated carbocycles. The molecule has 0 aliphatic rings. The van der Waals surface area contributed by atoms with Crippen LogP contribution in [0.15, 0.2) is 23.4 Å². The van der Waals surface area contributed by atoms with E-state index in [4.69, 9.17) is 0 Å². The highest BCUT2D eigenvalue weighted by atomic mass is 32.2. The van der Waals surface area contributed by atoms with Gasteiger partial charge in [-0.2, -0.15) is 8.42 Å². The Bertz CT molecular complexity index is 646. The molecule has 18 heavy (non-hydrogen) atoms. The molecule has 2 N–H and O–H groups in total. The van der Waals surface area contributed by atoms with E-state index in [0.29, 0.717) is 23.0 Å². The van der Waals surface area contributed by atoms with Crippen LogP contribution < -0.4 is 0 Å². The molecule has 6 heteroatoms. The maximum absolute atomic E-state index is 11.4.